The van der Waals surface area contributed by atoms with Crippen LogP contribution in [0.4, 0.5) is 5.69 Å². The van der Waals surface area contributed by atoms with Crippen LogP contribution in [0.1, 0.15) is 27.6 Å². The number of Topliss-reactive ketones (excluding diaryl/α,β-unsaturated/α-hetero) is 1. The SMILES string of the molecule is C=CCNS(=O)(=O)c1cccc(C(=O)OCC(=O)c2ccc(NC(C)=O)cc2)c1. The van der Waals surface area contributed by atoms with Gasteiger partial charge in [0, 0.05) is 24.7 Å². The molecule has 0 heterocycles. The van der Waals surface area contributed by atoms with Crippen molar-refractivity contribution in [2.75, 3.05) is 18.5 Å². The number of ether oxygens (including phenoxy) is 1. The number of hydrogen-bond donors (Lipinski definition) is 2. The Labute approximate surface area is 168 Å². The van der Waals surface area contributed by atoms with Crippen LogP contribution in [-0.2, 0) is 19.6 Å². The molecule has 0 saturated heterocycles. The lowest BCUT2D eigenvalue weighted by molar-refractivity contribution is -0.114. The molecule has 0 saturated carbocycles. The first-order valence-electron chi connectivity index (χ1n) is 8.51. The third-order valence-corrected chi connectivity index (χ3v) is 5.08. The Bertz CT molecular complexity index is 1030. The molecule has 2 aromatic rings. The van der Waals surface area contributed by atoms with E-state index in [0.717, 1.165) is 0 Å². The number of carbonyl (C=O) groups is 3. The van der Waals surface area contributed by atoms with Gasteiger partial charge in [0.1, 0.15) is 0 Å². The molecule has 0 fully saturated rings. The van der Waals surface area contributed by atoms with E-state index in [1.54, 1.807) is 12.1 Å². The minimum Gasteiger partial charge on any atom is -0.454 e. The van der Waals surface area contributed by atoms with Crippen LogP contribution in [0, 0.1) is 0 Å². The quantitative estimate of drug-likeness (QED) is 0.367. The van der Waals surface area contributed by atoms with Gasteiger partial charge in [-0.1, -0.05) is 12.1 Å². The summed E-state index contributed by atoms with van der Waals surface area (Å²) >= 11 is 0. The van der Waals surface area contributed by atoms with Gasteiger partial charge in [0.15, 0.2) is 12.4 Å². The van der Waals surface area contributed by atoms with E-state index < -0.39 is 28.4 Å². The van der Waals surface area contributed by atoms with E-state index in [2.05, 4.69) is 16.6 Å². The molecular formula is C20H20N2O6S. The number of benzene rings is 2. The van der Waals surface area contributed by atoms with Crippen molar-refractivity contribution < 1.29 is 27.5 Å². The molecule has 0 unspecified atom stereocenters. The molecular weight excluding hydrogens is 396 g/mol. The van der Waals surface area contributed by atoms with Crippen LogP contribution in [0.15, 0.2) is 66.1 Å². The summed E-state index contributed by atoms with van der Waals surface area (Å²) in [6, 6.07) is 11.4. The molecule has 0 aromatic heterocycles. The summed E-state index contributed by atoms with van der Waals surface area (Å²) < 4.78 is 31.5. The Kier molecular flexibility index (Phi) is 7.40. The average molecular weight is 416 g/mol. The summed E-state index contributed by atoms with van der Waals surface area (Å²) in [6.45, 7) is 4.34. The van der Waals surface area contributed by atoms with E-state index in [1.165, 1.54) is 49.4 Å². The first-order valence-corrected chi connectivity index (χ1v) is 10.00. The van der Waals surface area contributed by atoms with Gasteiger partial charge in [-0.25, -0.2) is 17.9 Å². The van der Waals surface area contributed by atoms with Gasteiger partial charge in [0.25, 0.3) is 0 Å². The van der Waals surface area contributed by atoms with Crippen LogP contribution >= 0.6 is 0 Å². The predicted octanol–water partition coefficient (Wildman–Crippen LogP) is 2.15. The van der Waals surface area contributed by atoms with Gasteiger partial charge in [-0.2, -0.15) is 0 Å². The predicted molar refractivity (Wildman–Crippen MR) is 107 cm³/mol. The van der Waals surface area contributed by atoms with Crippen LogP contribution in [0.25, 0.3) is 0 Å². The summed E-state index contributed by atoms with van der Waals surface area (Å²) in [7, 11) is -3.79. The number of anilines is 1. The molecule has 0 bridgehead atoms. The van der Waals surface area contributed by atoms with Crippen LogP contribution in [0.3, 0.4) is 0 Å². The standard InChI is InChI=1S/C20H20N2O6S/c1-3-11-21-29(26,27)18-6-4-5-16(12-18)20(25)28-13-19(24)15-7-9-17(10-8-15)22-14(2)23/h3-10,12,21H,1,11,13H2,2H3,(H,22,23). The third kappa shape index (κ3) is 6.37. The maximum absolute atomic E-state index is 12.2. The van der Waals surface area contributed by atoms with Crippen molar-refractivity contribution in [2.24, 2.45) is 0 Å². The average Bonchev–Trinajstić information content (AvgIpc) is 2.70. The van der Waals surface area contributed by atoms with Gasteiger partial charge in [-0.15, -0.1) is 6.58 Å². The second-order valence-electron chi connectivity index (χ2n) is 5.93. The first kappa shape index (κ1) is 22.0. The maximum atomic E-state index is 12.2. The zero-order valence-corrected chi connectivity index (χ0v) is 16.5. The molecule has 1 amide bonds. The van der Waals surface area contributed by atoms with Crippen molar-refractivity contribution in [3.05, 3.63) is 72.3 Å². The second kappa shape index (κ2) is 9.76. The van der Waals surface area contributed by atoms with Crippen molar-refractivity contribution >= 4 is 33.4 Å². The topological polar surface area (TPSA) is 119 Å². The summed E-state index contributed by atoms with van der Waals surface area (Å²) in [6.07, 6.45) is 1.39. The number of ketones is 1. The molecule has 9 heteroatoms. The molecule has 0 radical (unpaired) electrons. The zero-order chi connectivity index (χ0) is 21.4. The highest BCUT2D eigenvalue weighted by atomic mass is 32.2. The van der Waals surface area contributed by atoms with Gasteiger partial charge in [0.05, 0.1) is 10.5 Å². The maximum Gasteiger partial charge on any atom is 0.338 e. The lowest BCUT2D eigenvalue weighted by atomic mass is 10.1. The number of esters is 1. The number of carbonyl (C=O) groups excluding carboxylic acids is 3. The van der Waals surface area contributed by atoms with E-state index >= 15 is 0 Å². The van der Waals surface area contributed by atoms with Crippen LogP contribution in [0.2, 0.25) is 0 Å². The zero-order valence-electron chi connectivity index (χ0n) is 15.7. The fraction of sp³-hybridized carbons (Fsp3) is 0.150. The summed E-state index contributed by atoms with van der Waals surface area (Å²) in [5.41, 5.74) is 0.839. The minimum absolute atomic E-state index is 0.000263. The molecule has 2 N–H and O–H groups in total. The van der Waals surface area contributed by atoms with Gasteiger partial charge in [-0.05, 0) is 42.5 Å². The highest BCUT2D eigenvalue weighted by molar-refractivity contribution is 7.89. The largest absolute Gasteiger partial charge is 0.454 e. The number of nitrogens with one attached hydrogen (secondary N) is 2. The van der Waals surface area contributed by atoms with E-state index in [4.69, 9.17) is 4.74 Å². The van der Waals surface area contributed by atoms with Gasteiger partial charge < -0.3 is 10.1 Å². The Morgan fingerprint density at radius 1 is 1.07 bits per heavy atom. The number of hydrogen-bond acceptors (Lipinski definition) is 6. The Balaban J connectivity index is 2.02. The fourth-order valence-electron chi connectivity index (χ4n) is 2.28. The lowest BCUT2D eigenvalue weighted by Crippen LogP contribution is -2.24. The first-order chi connectivity index (χ1) is 13.7. The molecule has 0 aliphatic rings. The Hall–Kier alpha value is -3.30. The van der Waals surface area contributed by atoms with Crippen LogP contribution in [-0.4, -0.2) is 39.2 Å². The van der Waals surface area contributed by atoms with Crippen molar-refractivity contribution in [1.29, 1.82) is 0 Å². The van der Waals surface area contributed by atoms with E-state index in [1.807, 2.05) is 0 Å². The molecule has 2 aromatic carbocycles. The molecule has 2 rings (SSSR count). The van der Waals surface area contributed by atoms with Crippen molar-refractivity contribution in [3.8, 4) is 0 Å². The number of sulfonamides is 1. The number of rotatable bonds is 9. The molecule has 0 spiro atoms. The number of amides is 1. The third-order valence-electron chi connectivity index (χ3n) is 3.66. The normalized spacial score (nSPS) is 10.8. The van der Waals surface area contributed by atoms with Crippen molar-refractivity contribution in [2.45, 2.75) is 11.8 Å². The summed E-state index contributed by atoms with van der Waals surface area (Å²) in [4.78, 5) is 35.3. The highest BCUT2D eigenvalue weighted by Crippen LogP contribution is 2.14. The molecule has 152 valence electrons. The van der Waals surface area contributed by atoms with Crippen LogP contribution < -0.4 is 10.0 Å². The Morgan fingerprint density at radius 3 is 2.38 bits per heavy atom. The summed E-state index contributed by atoms with van der Waals surface area (Å²) in [5, 5.41) is 2.58. The highest BCUT2D eigenvalue weighted by Gasteiger charge is 2.17. The fourth-order valence-corrected chi connectivity index (χ4v) is 3.33. The lowest BCUT2D eigenvalue weighted by Gasteiger charge is -2.08. The molecule has 0 aliphatic heterocycles. The Morgan fingerprint density at radius 2 is 1.76 bits per heavy atom. The molecule has 0 atom stereocenters. The van der Waals surface area contributed by atoms with E-state index in [0.29, 0.717) is 11.3 Å². The molecule has 29 heavy (non-hydrogen) atoms. The van der Waals surface area contributed by atoms with E-state index in [-0.39, 0.29) is 22.9 Å². The smallest absolute Gasteiger partial charge is 0.338 e. The van der Waals surface area contributed by atoms with Gasteiger partial charge >= 0.3 is 5.97 Å². The van der Waals surface area contributed by atoms with Crippen molar-refractivity contribution in [3.63, 3.8) is 0 Å². The van der Waals surface area contributed by atoms with Crippen molar-refractivity contribution in [1.82, 2.24) is 4.72 Å². The molecule has 0 aliphatic carbocycles. The summed E-state index contributed by atoms with van der Waals surface area (Å²) in [5.74, 6) is -1.50. The monoisotopic (exact) mass is 416 g/mol. The molecule has 8 nitrogen and oxygen atoms in total. The van der Waals surface area contributed by atoms with Gasteiger partial charge in [0.2, 0.25) is 15.9 Å². The van der Waals surface area contributed by atoms with E-state index in [9.17, 15) is 22.8 Å². The van der Waals surface area contributed by atoms with Crippen LogP contribution in [0.5, 0.6) is 0 Å². The van der Waals surface area contributed by atoms with Gasteiger partial charge in [-0.3, -0.25) is 9.59 Å². The second-order valence-corrected chi connectivity index (χ2v) is 7.69. The minimum atomic E-state index is -3.79.